The van der Waals surface area contributed by atoms with Crippen molar-refractivity contribution < 1.29 is 0 Å². The van der Waals surface area contributed by atoms with Gasteiger partial charge in [0.2, 0.25) is 0 Å². The van der Waals surface area contributed by atoms with Gasteiger partial charge in [0.15, 0.2) is 0 Å². The first-order valence-electron chi connectivity index (χ1n) is 4.42. The van der Waals surface area contributed by atoms with Gasteiger partial charge in [0.05, 0.1) is 0 Å². The van der Waals surface area contributed by atoms with Crippen molar-refractivity contribution in [2.24, 2.45) is 0 Å². The Bertz CT molecular complexity index is 391. The Labute approximate surface area is 78.9 Å². The lowest BCUT2D eigenvalue weighted by molar-refractivity contribution is 1.53. The second-order valence-corrected chi connectivity index (χ2v) is 3.28. The van der Waals surface area contributed by atoms with E-state index in [1.54, 1.807) is 0 Å². The summed E-state index contributed by atoms with van der Waals surface area (Å²) < 4.78 is 0. The Morgan fingerprint density at radius 1 is 1.00 bits per heavy atom. The summed E-state index contributed by atoms with van der Waals surface area (Å²) in [7, 11) is 0. The first kappa shape index (κ1) is 8.06. The van der Waals surface area contributed by atoms with E-state index < -0.39 is 0 Å². The van der Waals surface area contributed by atoms with Crippen molar-refractivity contribution >= 4 is 5.57 Å². The van der Waals surface area contributed by atoms with Crippen LogP contribution in [0.25, 0.3) is 5.57 Å². The second-order valence-electron chi connectivity index (χ2n) is 3.28. The molecule has 0 aliphatic heterocycles. The normalized spacial score (nSPS) is 15.6. The van der Waals surface area contributed by atoms with E-state index in [4.69, 9.17) is 0 Å². The Balaban J connectivity index is 2.50. The van der Waals surface area contributed by atoms with Crippen molar-refractivity contribution in [1.82, 2.24) is 0 Å². The van der Waals surface area contributed by atoms with Gasteiger partial charge in [-0.2, -0.15) is 0 Å². The van der Waals surface area contributed by atoms with Gasteiger partial charge >= 0.3 is 0 Å². The van der Waals surface area contributed by atoms with Crippen LogP contribution in [0.15, 0.2) is 60.2 Å². The van der Waals surface area contributed by atoms with Crippen LogP contribution in [-0.4, -0.2) is 0 Å². The smallest absolute Gasteiger partial charge is 0.00881 e. The molecule has 2 rings (SSSR count). The molecule has 0 atom stereocenters. The summed E-state index contributed by atoms with van der Waals surface area (Å²) in [5.41, 5.74) is 4.95. The van der Waals surface area contributed by atoms with Crippen LogP contribution in [-0.2, 0) is 0 Å². The third-order valence-corrected chi connectivity index (χ3v) is 2.31. The minimum atomic E-state index is 1.11. The molecule has 0 bridgehead atoms. The van der Waals surface area contributed by atoms with Gasteiger partial charge in [-0.05, 0) is 29.2 Å². The van der Waals surface area contributed by atoms with Crippen molar-refractivity contribution in [2.45, 2.75) is 6.92 Å². The SMILES string of the molecule is C=C1C=CC(C)=C1c1ccccc1. The number of allylic oxidation sites excluding steroid dienone is 5. The highest BCUT2D eigenvalue weighted by atomic mass is 14.1. The van der Waals surface area contributed by atoms with E-state index in [1.807, 2.05) is 6.07 Å². The van der Waals surface area contributed by atoms with E-state index in [1.165, 1.54) is 16.7 Å². The molecule has 0 unspecified atom stereocenters. The van der Waals surface area contributed by atoms with Crippen LogP contribution in [0.2, 0.25) is 0 Å². The maximum absolute atomic E-state index is 4.02. The summed E-state index contributed by atoms with van der Waals surface area (Å²) >= 11 is 0. The van der Waals surface area contributed by atoms with Gasteiger partial charge < -0.3 is 0 Å². The third kappa shape index (κ3) is 1.35. The first-order valence-corrected chi connectivity index (χ1v) is 4.42. The zero-order valence-corrected chi connectivity index (χ0v) is 7.75. The lowest BCUT2D eigenvalue weighted by Crippen LogP contribution is -1.84. The summed E-state index contributed by atoms with van der Waals surface area (Å²) in [6.45, 7) is 6.14. The third-order valence-electron chi connectivity index (χ3n) is 2.31. The molecule has 13 heavy (non-hydrogen) atoms. The lowest BCUT2D eigenvalue weighted by Gasteiger charge is -2.05. The van der Waals surface area contributed by atoms with Gasteiger partial charge in [0, 0.05) is 0 Å². The fourth-order valence-corrected chi connectivity index (χ4v) is 1.66. The Kier molecular flexibility index (Phi) is 1.90. The molecule has 0 fully saturated rings. The van der Waals surface area contributed by atoms with Gasteiger partial charge in [-0.3, -0.25) is 0 Å². The zero-order chi connectivity index (χ0) is 9.26. The Morgan fingerprint density at radius 3 is 2.23 bits per heavy atom. The molecule has 0 radical (unpaired) electrons. The average Bonchev–Trinajstić information content (AvgIpc) is 2.48. The summed E-state index contributed by atoms with van der Waals surface area (Å²) in [5.74, 6) is 0. The number of rotatable bonds is 1. The molecule has 1 aromatic rings. The van der Waals surface area contributed by atoms with Crippen molar-refractivity contribution in [3.63, 3.8) is 0 Å². The predicted octanol–water partition coefficient (Wildman–Crippen LogP) is 3.59. The highest BCUT2D eigenvalue weighted by molar-refractivity contribution is 5.87. The van der Waals surface area contributed by atoms with Crippen LogP contribution in [0.5, 0.6) is 0 Å². The second kappa shape index (κ2) is 3.06. The van der Waals surface area contributed by atoms with E-state index >= 15 is 0 Å². The molecule has 0 heterocycles. The molecule has 0 nitrogen and oxygen atoms in total. The Morgan fingerprint density at radius 2 is 1.69 bits per heavy atom. The molecule has 1 aliphatic carbocycles. The van der Waals surface area contributed by atoms with Crippen molar-refractivity contribution in [2.75, 3.05) is 0 Å². The number of benzene rings is 1. The van der Waals surface area contributed by atoms with Crippen molar-refractivity contribution in [1.29, 1.82) is 0 Å². The summed E-state index contributed by atoms with van der Waals surface area (Å²) in [6, 6.07) is 10.4. The minimum absolute atomic E-state index is 1.11. The molecule has 0 aromatic heterocycles. The van der Waals surface area contributed by atoms with Gasteiger partial charge in [-0.1, -0.05) is 49.1 Å². The predicted molar refractivity (Wildman–Crippen MR) is 57.3 cm³/mol. The van der Waals surface area contributed by atoms with Gasteiger partial charge in [0.25, 0.3) is 0 Å². The van der Waals surface area contributed by atoms with Crippen LogP contribution in [0.1, 0.15) is 12.5 Å². The van der Waals surface area contributed by atoms with E-state index in [0.29, 0.717) is 0 Å². The van der Waals surface area contributed by atoms with Crippen molar-refractivity contribution in [3.05, 3.63) is 65.8 Å². The molecule has 64 valence electrons. The standard InChI is InChI=1S/C13H12/c1-10-8-9-11(2)13(10)12-6-4-3-5-7-12/h3-9H,1H2,2H3. The number of hydrogen-bond donors (Lipinski definition) is 0. The fraction of sp³-hybridized carbons (Fsp3) is 0.0769. The summed E-state index contributed by atoms with van der Waals surface area (Å²) in [4.78, 5) is 0. The monoisotopic (exact) mass is 168 g/mol. The highest BCUT2D eigenvalue weighted by Crippen LogP contribution is 2.31. The quantitative estimate of drug-likeness (QED) is 0.601. The largest absolute Gasteiger partial charge is 0.0911 e. The molecule has 1 aromatic carbocycles. The van der Waals surface area contributed by atoms with E-state index in [0.717, 1.165) is 5.57 Å². The summed E-state index contributed by atoms with van der Waals surface area (Å²) in [6.07, 6.45) is 4.18. The summed E-state index contributed by atoms with van der Waals surface area (Å²) in [5, 5.41) is 0. The number of hydrogen-bond acceptors (Lipinski definition) is 0. The van der Waals surface area contributed by atoms with Crippen molar-refractivity contribution in [3.8, 4) is 0 Å². The van der Waals surface area contributed by atoms with Gasteiger partial charge in [-0.25, -0.2) is 0 Å². The highest BCUT2D eigenvalue weighted by Gasteiger charge is 2.10. The molecule has 0 amide bonds. The average molecular weight is 168 g/mol. The molecule has 0 saturated carbocycles. The minimum Gasteiger partial charge on any atom is -0.0911 e. The molecule has 0 spiro atoms. The van der Waals surface area contributed by atoms with E-state index in [9.17, 15) is 0 Å². The van der Waals surface area contributed by atoms with Gasteiger partial charge in [-0.15, -0.1) is 0 Å². The van der Waals surface area contributed by atoms with E-state index in [-0.39, 0.29) is 0 Å². The fourth-order valence-electron chi connectivity index (χ4n) is 1.66. The Hall–Kier alpha value is -1.56. The van der Waals surface area contributed by atoms with Crippen LogP contribution in [0, 0.1) is 0 Å². The van der Waals surface area contributed by atoms with Crippen LogP contribution >= 0.6 is 0 Å². The maximum Gasteiger partial charge on any atom is -0.00881 e. The van der Waals surface area contributed by atoms with Crippen LogP contribution < -0.4 is 0 Å². The molecule has 0 saturated heterocycles. The topological polar surface area (TPSA) is 0 Å². The maximum atomic E-state index is 4.02. The molecule has 0 heteroatoms. The molecular formula is C13H12. The van der Waals surface area contributed by atoms with E-state index in [2.05, 4.69) is 49.9 Å². The van der Waals surface area contributed by atoms with Crippen LogP contribution in [0.3, 0.4) is 0 Å². The van der Waals surface area contributed by atoms with Crippen LogP contribution in [0.4, 0.5) is 0 Å². The molecular weight excluding hydrogens is 156 g/mol. The molecule has 1 aliphatic rings. The van der Waals surface area contributed by atoms with Gasteiger partial charge in [0.1, 0.15) is 0 Å². The molecule has 0 N–H and O–H groups in total. The zero-order valence-electron chi connectivity index (χ0n) is 7.75. The lowest BCUT2D eigenvalue weighted by atomic mass is 9.99. The first-order chi connectivity index (χ1) is 6.29.